The van der Waals surface area contributed by atoms with Gasteiger partial charge in [-0.1, -0.05) is 52.8 Å². The molecule has 220 valence electrons. The van der Waals surface area contributed by atoms with E-state index in [0.717, 1.165) is 11.1 Å². The lowest BCUT2D eigenvalue weighted by Crippen LogP contribution is -2.79. The number of carbonyl (C=O) groups excluding carboxylic acids is 2. The van der Waals surface area contributed by atoms with Crippen LogP contribution in [0.5, 0.6) is 0 Å². The molecule has 5 rings (SSSR count). The highest BCUT2D eigenvalue weighted by molar-refractivity contribution is 6.69. The number of ketones is 1. The van der Waals surface area contributed by atoms with Crippen LogP contribution >= 0.6 is 0 Å². The van der Waals surface area contributed by atoms with Crippen molar-refractivity contribution in [1.82, 2.24) is 0 Å². The van der Waals surface area contributed by atoms with Crippen molar-refractivity contribution in [3.05, 3.63) is 47.0 Å². The Balaban J connectivity index is 1.78. The molecule has 4 aliphatic rings. The standard InChI is InChI=1S/C32H46O7Si/c1-18-15-23-31(35,17-37-23)25-27(38-28(34)21-13-11-10-12-14-21)32(36)16-22(39-40(7,8)9)19(2)24(29(32,4)5)20(3)26(33)30(18,25)6/h10-14,18,20,22-23,25,27,35-36H,15-17H2,1-9H3/t18-,20+,22-,23+,25?,27-,30+,31-,32+/m0/s1. The molecule has 8 heteroatoms. The number of Topliss-reactive ketones (excluding diaryl/α,β-unsaturated/α-hetero) is 1. The molecule has 2 saturated carbocycles. The van der Waals surface area contributed by atoms with Gasteiger partial charge in [0.15, 0.2) is 8.32 Å². The van der Waals surface area contributed by atoms with E-state index in [1.54, 1.807) is 24.3 Å². The number of carbonyl (C=O) groups is 2. The fraction of sp³-hybridized carbons (Fsp3) is 0.688. The molecule has 3 aliphatic carbocycles. The Morgan fingerprint density at radius 3 is 2.25 bits per heavy atom. The van der Waals surface area contributed by atoms with Gasteiger partial charge in [-0.25, -0.2) is 4.79 Å². The van der Waals surface area contributed by atoms with E-state index in [1.807, 2.05) is 47.6 Å². The molecule has 1 aromatic carbocycles. The van der Waals surface area contributed by atoms with Gasteiger partial charge in [-0.3, -0.25) is 4.79 Å². The number of aliphatic hydroxyl groups is 2. The molecule has 1 saturated heterocycles. The number of hydrogen-bond donors (Lipinski definition) is 2. The molecule has 0 radical (unpaired) electrons. The van der Waals surface area contributed by atoms with Crippen molar-refractivity contribution in [2.75, 3.05) is 6.61 Å². The summed E-state index contributed by atoms with van der Waals surface area (Å²) < 4.78 is 18.9. The maximum atomic E-state index is 14.8. The summed E-state index contributed by atoms with van der Waals surface area (Å²) in [4.78, 5) is 28.5. The number of benzene rings is 1. The summed E-state index contributed by atoms with van der Waals surface area (Å²) in [5.74, 6) is -2.15. The smallest absolute Gasteiger partial charge is 0.338 e. The predicted octanol–water partition coefficient (Wildman–Crippen LogP) is 4.92. The van der Waals surface area contributed by atoms with Gasteiger partial charge in [0.25, 0.3) is 0 Å². The zero-order chi connectivity index (χ0) is 29.6. The van der Waals surface area contributed by atoms with Gasteiger partial charge in [0, 0.05) is 29.1 Å². The van der Waals surface area contributed by atoms with Crippen LogP contribution in [0.3, 0.4) is 0 Å². The number of hydrogen-bond acceptors (Lipinski definition) is 7. The summed E-state index contributed by atoms with van der Waals surface area (Å²) in [6.45, 7) is 18.1. The third kappa shape index (κ3) is 4.04. The Kier molecular flexibility index (Phi) is 6.91. The van der Waals surface area contributed by atoms with E-state index >= 15 is 0 Å². The van der Waals surface area contributed by atoms with Crippen LogP contribution in [0, 0.1) is 28.6 Å². The molecule has 40 heavy (non-hydrogen) atoms. The number of ether oxygens (including phenoxy) is 2. The molecule has 3 fully saturated rings. The molecule has 9 atom stereocenters. The number of fused-ring (bicyclic) bond motifs is 5. The number of esters is 1. The zero-order valence-electron chi connectivity index (χ0n) is 25.4. The second-order valence-electron chi connectivity index (χ2n) is 14.5. The Hall–Kier alpha value is -1.84. The van der Waals surface area contributed by atoms with Crippen molar-refractivity contribution in [1.29, 1.82) is 0 Å². The van der Waals surface area contributed by atoms with E-state index in [0.29, 0.717) is 12.0 Å². The minimum Gasteiger partial charge on any atom is -0.455 e. The van der Waals surface area contributed by atoms with E-state index in [-0.39, 0.29) is 24.7 Å². The first kappa shape index (κ1) is 29.6. The van der Waals surface area contributed by atoms with Gasteiger partial charge < -0.3 is 24.1 Å². The minimum atomic E-state index is -2.08. The second-order valence-corrected chi connectivity index (χ2v) is 19.0. The van der Waals surface area contributed by atoms with Crippen molar-refractivity contribution >= 4 is 20.1 Å². The van der Waals surface area contributed by atoms with Crippen LogP contribution in [0.1, 0.15) is 64.7 Å². The monoisotopic (exact) mass is 570 g/mol. The summed E-state index contributed by atoms with van der Waals surface area (Å²) in [5.41, 5.74) is -2.91. The predicted molar refractivity (Wildman–Crippen MR) is 154 cm³/mol. The van der Waals surface area contributed by atoms with Gasteiger partial charge in [-0.2, -0.15) is 0 Å². The van der Waals surface area contributed by atoms with E-state index in [9.17, 15) is 19.8 Å². The van der Waals surface area contributed by atoms with Gasteiger partial charge in [-0.15, -0.1) is 0 Å². The largest absolute Gasteiger partial charge is 0.455 e. The lowest BCUT2D eigenvalue weighted by Gasteiger charge is -2.67. The molecule has 0 amide bonds. The minimum absolute atomic E-state index is 0.00247. The van der Waals surface area contributed by atoms with Gasteiger partial charge in [-0.05, 0) is 62.2 Å². The number of rotatable bonds is 4. The van der Waals surface area contributed by atoms with Crippen LogP contribution in [0.4, 0.5) is 0 Å². The lowest BCUT2D eigenvalue weighted by atomic mass is 9.42. The maximum absolute atomic E-state index is 14.8. The SMILES string of the molecule is CC1=C2[C@@H](C)C(=O)[C@@]3(C)C([C@H](OC(=O)c4ccccc4)[C@](O)(C[C@@H]1O[Si](C)(C)C)C2(C)C)[C@]1(O)CO[C@@H]1C[C@@H]3C. The van der Waals surface area contributed by atoms with E-state index in [4.69, 9.17) is 13.9 Å². The molecular formula is C32H46O7Si. The van der Waals surface area contributed by atoms with Crippen LogP contribution in [0.15, 0.2) is 41.5 Å². The van der Waals surface area contributed by atoms with Crippen molar-refractivity contribution < 1.29 is 33.7 Å². The van der Waals surface area contributed by atoms with Crippen LogP contribution in [-0.4, -0.2) is 66.4 Å². The van der Waals surface area contributed by atoms with Crippen molar-refractivity contribution in [3.8, 4) is 0 Å². The fourth-order valence-corrected chi connectivity index (χ4v) is 9.71. The van der Waals surface area contributed by atoms with Gasteiger partial charge >= 0.3 is 5.97 Å². The molecule has 0 aromatic heterocycles. The first-order chi connectivity index (χ1) is 18.4. The molecule has 7 nitrogen and oxygen atoms in total. The summed E-state index contributed by atoms with van der Waals surface area (Å²) in [5, 5.41) is 25.4. The summed E-state index contributed by atoms with van der Waals surface area (Å²) in [6, 6.07) is 8.69. The molecule has 1 heterocycles. The normalized spacial score (nSPS) is 42.6. The van der Waals surface area contributed by atoms with Gasteiger partial charge in [0.1, 0.15) is 23.1 Å². The topological polar surface area (TPSA) is 102 Å². The molecule has 0 spiro atoms. The van der Waals surface area contributed by atoms with E-state index in [2.05, 4.69) is 19.6 Å². The molecule has 2 bridgehead atoms. The summed E-state index contributed by atoms with van der Waals surface area (Å²) in [7, 11) is -2.08. The highest BCUT2D eigenvalue weighted by Gasteiger charge is 2.75. The molecule has 1 aromatic rings. The third-order valence-electron chi connectivity index (χ3n) is 10.9. The maximum Gasteiger partial charge on any atom is 0.338 e. The van der Waals surface area contributed by atoms with Crippen LogP contribution in [0.25, 0.3) is 0 Å². The highest BCUT2D eigenvalue weighted by Crippen LogP contribution is 2.65. The Bertz CT molecular complexity index is 1240. The molecular weight excluding hydrogens is 524 g/mol. The summed E-state index contributed by atoms with van der Waals surface area (Å²) in [6.07, 6.45) is -1.42. The average Bonchev–Trinajstić information content (AvgIpc) is 2.86. The lowest BCUT2D eigenvalue weighted by molar-refractivity contribution is -0.337. The van der Waals surface area contributed by atoms with Crippen LogP contribution in [0.2, 0.25) is 19.6 Å². The molecule has 1 unspecified atom stereocenters. The third-order valence-corrected chi connectivity index (χ3v) is 11.9. The molecule has 1 aliphatic heterocycles. The van der Waals surface area contributed by atoms with Gasteiger partial charge in [0.2, 0.25) is 0 Å². The second kappa shape index (κ2) is 9.33. The summed E-state index contributed by atoms with van der Waals surface area (Å²) >= 11 is 0. The Morgan fingerprint density at radius 1 is 1.07 bits per heavy atom. The highest BCUT2D eigenvalue weighted by atomic mass is 28.4. The van der Waals surface area contributed by atoms with Crippen LogP contribution < -0.4 is 0 Å². The Morgan fingerprint density at radius 2 is 1.70 bits per heavy atom. The first-order valence-corrected chi connectivity index (χ1v) is 18.1. The van der Waals surface area contributed by atoms with Crippen molar-refractivity contribution in [3.63, 3.8) is 0 Å². The zero-order valence-corrected chi connectivity index (χ0v) is 26.4. The van der Waals surface area contributed by atoms with Crippen molar-refractivity contribution in [2.24, 2.45) is 28.6 Å². The Labute approximate surface area is 239 Å². The van der Waals surface area contributed by atoms with Gasteiger partial charge in [0.05, 0.1) is 24.4 Å². The van der Waals surface area contributed by atoms with E-state index in [1.165, 1.54) is 0 Å². The fourth-order valence-electron chi connectivity index (χ4n) is 8.60. The quantitative estimate of drug-likeness (QED) is 0.301. The first-order valence-electron chi connectivity index (χ1n) is 14.6. The van der Waals surface area contributed by atoms with Crippen molar-refractivity contribution in [2.45, 2.75) is 104 Å². The van der Waals surface area contributed by atoms with E-state index < -0.39 is 66.5 Å². The molecule has 2 N–H and O–H groups in total. The van der Waals surface area contributed by atoms with Crippen LogP contribution in [-0.2, 0) is 18.7 Å². The average molecular weight is 571 g/mol.